The topological polar surface area (TPSA) is 21.3 Å². The van der Waals surface area contributed by atoms with E-state index in [1.165, 1.54) is 12.8 Å². The standard InChI is InChI=1S/C10H19NO/c1-10(2)3-8(4-10)7-12-9-5-11-6-9/h8-9,11H,3-7H2,1-2H3. The van der Waals surface area contributed by atoms with Crippen LogP contribution >= 0.6 is 0 Å². The maximum Gasteiger partial charge on any atom is 0.0823 e. The monoisotopic (exact) mass is 169 g/mol. The van der Waals surface area contributed by atoms with E-state index in [0.717, 1.165) is 25.6 Å². The molecule has 0 spiro atoms. The first-order valence-electron chi connectivity index (χ1n) is 4.98. The van der Waals surface area contributed by atoms with Crippen molar-refractivity contribution >= 4 is 0 Å². The van der Waals surface area contributed by atoms with Crippen LogP contribution in [0.2, 0.25) is 0 Å². The summed E-state index contributed by atoms with van der Waals surface area (Å²) in [7, 11) is 0. The summed E-state index contributed by atoms with van der Waals surface area (Å²) < 4.78 is 5.71. The Morgan fingerprint density at radius 2 is 2.00 bits per heavy atom. The molecule has 70 valence electrons. The molecule has 2 heteroatoms. The van der Waals surface area contributed by atoms with Crippen molar-refractivity contribution in [1.29, 1.82) is 0 Å². The zero-order valence-corrected chi connectivity index (χ0v) is 8.10. The van der Waals surface area contributed by atoms with Crippen molar-refractivity contribution in [2.75, 3.05) is 19.7 Å². The van der Waals surface area contributed by atoms with E-state index in [2.05, 4.69) is 19.2 Å². The fourth-order valence-electron chi connectivity index (χ4n) is 2.27. The summed E-state index contributed by atoms with van der Waals surface area (Å²) >= 11 is 0. The van der Waals surface area contributed by atoms with Gasteiger partial charge in [0, 0.05) is 19.7 Å². The minimum Gasteiger partial charge on any atom is -0.375 e. The molecule has 0 aromatic carbocycles. The van der Waals surface area contributed by atoms with Crippen molar-refractivity contribution in [3.63, 3.8) is 0 Å². The molecule has 1 aliphatic heterocycles. The molecule has 1 saturated carbocycles. The largest absolute Gasteiger partial charge is 0.375 e. The lowest BCUT2D eigenvalue weighted by atomic mass is 9.65. The van der Waals surface area contributed by atoms with Crippen molar-refractivity contribution in [2.45, 2.75) is 32.8 Å². The second-order valence-corrected chi connectivity index (χ2v) is 5.05. The predicted molar refractivity (Wildman–Crippen MR) is 49.1 cm³/mol. The van der Waals surface area contributed by atoms with Crippen molar-refractivity contribution in [3.8, 4) is 0 Å². The fraction of sp³-hybridized carbons (Fsp3) is 1.00. The number of hydrogen-bond acceptors (Lipinski definition) is 2. The van der Waals surface area contributed by atoms with Crippen molar-refractivity contribution in [1.82, 2.24) is 5.32 Å². The third-order valence-electron chi connectivity index (χ3n) is 2.99. The highest BCUT2D eigenvalue weighted by Crippen LogP contribution is 2.44. The molecule has 0 amide bonds. The number of rotatable bonds is 3. The maximum atomic E-state index is 5.71. The molecule has 1 aliphatic carbocycles. The average Bonchev–Trinajstić information content (AvgIpc) is 1.79. The Morgan fingerprint density at radius 1 is 1.33 bits per heavy atom. The van der Waals surface area contributed by atoms with E-state index in [4.69, 9.17) is 4.74 Å². The molecule has 0 atom stereocenters. The lowest BCUT2D eigenvalue weighted by Gasteiger charge is -2.43. The van der Waals surface area contributed by atoms with Gasteiger partial charge in [0.05, 0.1) is 6.10 Å². The second kappa shape index (κ2) is 3.00. The minimum atomic E-state index is 0.522. The molecule has 2 nitrogen and oxygen atoms in total. The predicted octanol–water partition coefficient (Wildman–Crippen LogP) is 1.41. The van der Waals surface area contributed by atoms with Crippen LogP contribution in [0.5, 0.6) is 0 Å². The molecule has 0 bridgehead atoms. The quantitative estimate of drug-likeness (QED) is 0.689. The van der Waals surface area contributed by atoms with E-state index in [9.17, 15) is 0 Å². The van der Waals surface area contributed by atoms with E-state index >= 15 is 0 Å². The Hall–Kier alpha value is -0.0800. The molecule has 2 aliphatic rings. The summed E-state index contributed by atoms with van der Waals surface area (Å²) in [5.41, 5.74) is 0.603. The minimum absolute atomic E-state index is 0.522. The Kier molecular flexibility index (Phi) is 2.13. The molecule has 2 fully saturated rings. The fourth-order valence-corrected chi connectivity index (χ4v) is 2.27. The molecule has 2 rings (SSSR count). The molecule has 1 N–H and O–H groups in total. The van der Waals surface area contributed by atoms with E-state index in [1.54, 1.807) is 0 Å². The lowest BCUT2D eigenvalue weighted by molar-refractivity contribution is -0.0449. The second-order valence-electron chi connectivity index (χ2n) is 5.05. The zero-order valence-electron chi connectivity index (χ0n) is 8.10. The number of ether oxygens (including phenoxy) is 1. The van der Waals surface area contributed by atoms with E-state index in [-0.39, 0.29) is 0 Å². The first-order chi connectivity index (χ1) is 5.66. The first kappa shape index (κ1) is 8.52. The van der Waals surface area contributed by atoms with Crippen LogP contribution in [-0.4, -0.2) is 25.8 Å². The van der Waals surface area contributed by atoms with Gasteiger partial charge in [-0.15, -0.1) is 0 Å². The third kappa shape index (κ3) is 1.80. The summed E-state index contributed by atoms with van der Waals surface area (Å²) in [6, 6.07) is 0. The summed E-state index contributed by atoms with van der Waals surface area (Å²) in [4.78, 5) is 0. The Labute approximate surface area is 74.7 Å². The highest BCUT2D eigenvalue weighted by atomic mass is 16.5. The molecular weight excluding hydrogens is 150 g/mol. The summed E-state index contributed by atoms with van der Waals surface area (Å²) in [6.45, 7) is 7.81. The van der Waals surface area contributed by atoms with Gasteiger partial charge in [-0.05, 0) is 24.2 Å². The Morgan fingerprint density at radius 3 is 2.42 bits per heavy atom. The number of nitrogens with one attached hydrogen (secondary N) is 1. The van der Waals surface area contributed by atoms with Gasteiger partial charge in [0.15, 0.2) is 0 Å². The third-order valence-corrected chi connectivity index (χ3v) is 2.99. The molecule has 0 radical (unpaired) electrons. The van der Waals surface area contributed by atoms with E-state index < -0.39 is 0 Å². The van der Waals surface area contributed by atoms with Crippen LogP contribution in [0.15, 0.2) is 0 Å². The highest BCUT2D eigenvalue weighted by Gasteiger charge is 2.36. The van der Waals surface area contributed by atoms with Gasteiger partial charge < -0.3 is 10.1 Å². The maximum absolute atomic E-state index is 5.71. The van der Waals surface area contributed by atoms with Crippen LogP contribution in [0.4, 0.5) is 0 Å². The van der Waals surface area contributed by atoms with Crippen LogP contribution in [0.1, 0.15) is 26.7 Å². The van der Waals surface area contributed by atoms with Crippen LogP contribution in [0.3, 0.4) is 0 Å². The van der Waals surface area contributed by atoms with Gasteiger partial charge in [0.1, 0.15) is 0 Å². The van der Waals surface area contributed by atoms with Crippen molar-refractivity contribution in [2.24, 2.45) is 11.3 Å². The molecule has 1 heterocycles. The zero-order chi connectivity index (χ0) is 8.60. The van der Waals surface area contributed by atoms with Crippen molar-refractivity contribution < 1.29 is 4.74 Å². The summed E-state index contributed by atoms with van der Waals surface area (Å²) in [6.07, 6.45) is 3.23. The van der Waals surface area contributed by atoms with Gasteiger partial charge >= 0.3 is 0 Å². The highest BCUT2D eigenvalue weighted by molar-refractivity contribution is 4.87. The van der Waals surface area contributed by atoms with Crippen LogP contribution < -0.4 is 5.32 Å². The number of hydrogen-bond donors (Lipinski definition) is 1. The molecule has 12 heavy (non-hydrogen) atoms. The normalized spacial score (nSPS) is 29.5. The molecule has 0 aromatic heterocycles. The van der Waals surface area contributed by atoms with Gasteiger partial charge in [-0.1, -0.05) is 13.8 Å². The van der Waals surface area contributed by atoms with Crippen molar-refractivity contribution in [3.05, 3.63) is 0 Å². The van der Waals surface area contributed by atoms with Crippen LogP contribution in [0, 0.1) is 11.3 Å². The summed E-state index contributed by atoms with van der Waals surface area (Å²) in [5.74, 6) is 0.848. The van der Waals surface area contributed by atoms with Gasteiger partial charge in [0.2, 0.25) is 0 Å². The molecular formula is C10H19NO. The van der Waals surface area contributed by atoms with Gasteiger partial charge in [0.25, 0.3) is 0 Å². The summed E-state index contributed by atoms with van der Waals surface area (Å²) in [5, 5.41) is 3.21. The van der Waals surface area contributed by atoms with Gasteiger partial charge in [-0.25, -0.2) is 0 Å². The van der Waals surface area contributed by atoms with Gasteiger partial charge in [-0.3, -0.25) is 0 Å². The SMILES string of the molecule is CC1(C)CC(COC2CNC2)C1. The van der Waals surface area contributed by atoms with Crippen LogP contribution in [0.25, 0.3) is 0 Å². The van der Waals surface area contributed by atoms with Crippen LogP contribution in [-0.2, 0) is 4.74 Å². The Balaban J connectivity index is 1.57. The smallest absolute Gasteiger partial charge is 0.0823 e. The molecule has 1 saturated heterocycles. The molecule has 0 unspecified atom stereocenters. The van der Waals surface area contributed by atoms with E-state index in [1.807, 2.05) is 0 Å². The first-order valence-corrected chi connectivity index (χ1v) is 4.98. The molecule has 0 aromatic rings. The lowest BCUT2D eigenvalue weighted by Crippen LogP contribution is -2.49. The Bertz CT molecular complexity index is 155. The van der Waals surface area contributed by atoms with Gasteiger partial charge in [-0.2, -0.15) is 0 Å². The average molecular weight is 169 g/mol. The van der Waals surface area contributed by atoms with E-state index in [0.29, 0.717) is 11.5 Å².